The number of rotatable bonds is 5. The molecule has 0 amide bonds. The average Bonchev–Trinajstić information content (AvgIpc) is 2.82. The van der Waals surface area contributed by atoms with E-state index in [-0.39, 0.29) is 11.3 Å². The van der Waals surface area contributed by atoms with Crippen molar-refractivity contribution in [3.63, 3.8) is 0 Å². The Bertz CT molecular complexity index is 520. The van der Waals surface area contributed by atoms with Crippen LogP contribution in [0.3, 0.4) is 0 Å². The molecule has 7 heteroatoms. The molecule has 2 aromatic rings. The number of anilines is 1. The molecular formula is C10H13N5O2. The van der Waals surface area contributed by atoms with Gasteiger partial charge in [-0.25, -0.2) is 9.97 Å². The monoisotopic (exact) mass is 235 g/mol. The van der Waals surface area contributed by atoms with Crippen LogP contribution in [0.1, 0.15) is 5.69 Å². The number of nitrogens with one attached hydrogen (secondary N) is 3. The van der Waals surface area contributed by atoms with E-state index < -0.39 is 0 Å². The summed E-state index contributed by atoms with van der Waals surface area (Å²) < 4.78 is 4.97. The van der Waals surface area contributed by atoms with Crippen molar-refractivity contribution in [2.75, 3.05) is 19.0 Å². The van der Waals surface area contributed by atoms with Gasteiger partial charge in [-0.2, -0.15) is 0 Å². The molecule has 7 nitrogen and oxygen atoms in total. The zero-order valence-electron chi connectivity index (χ0n) is 9.36. The first-order chi connectivity index (χ1) is 8.31. The van der Waals surface area contributed by atoms with Gasteiger partial charge < -0.3 is 20.0 Å². The third-order valence-corrected chi connectivity index (χ3v) is 2.26. The number of methoxy groups -OCH3 is 1. The lowest BCUT2D eigenvalue weighted by Crippen LogP contribution is -2.15. The van der Waals surface area contributed by atoms with E-state index in [0.717, 1.165) is 12.1 Å². The Balaban J connectivity index is 1.99. The number of aromatic nitrogens is 4. The molecule has 2 aromatic heterocycles. The summed E-state index contributed by atoms with van der Waals surface area (Å²) in [5.41, 5.74) is 0.716. The molecule has 0 aliphatic rings. The molecule has 0 spiro atoms. The van der Waals surface area contributed by atoms with Gasteiger partial charge in [-0.1, -0.05) is 0 Å². The van der Waals surface area contributed by atoms with Gasteiger partial charge in [-0.05, 0) is 0 Å². The highest BCUT2D eigenvalue weighted by Crippen LogP contribution is 2.13. The van der Waals surface area contributed by atoms with E-state index in [1.165, 1.54) is 13.4 Å². The summed E-state index contributed by atoms with van der Waals surface area (Å²) in [5.74, 6) is 0.632. The second kappa shape index (κ2) is 5.15. The van der Waals surface area contributed by atoms with E-state index in [4.69, 9.17) is 4.74 Å². The van der Waals surface area contributed by atoms with Gasteiger partial charge >= 0.3 is 0 Å². The molecule has 2 heterocycles. The largest absolute Gasteiger partial charge is 0.489 e. The van der Waals surface area contributed by atoms with Gasteiger partial charge in [0.15, 0.2) is 5.82 Å². The van der Waals surface area contributed by atoms with Gasteiger partial charge in [0.25, 0.3) is 5.56 Å². The van der Waals surface area contributed by atoms with Crippen LogP contribution < -0.4 is 15.6 Å². The van der Waals surface area contributed by atoms with E-state index >= 15 is 0 Å². The summed E-state index contributed by atoms with van der Waals surface area (Å²) in [4.78, 5) is 24.8. The highest BCUT2D eigenvalue weighted by Gasteiger charge is 2.07. The predicted molar refractivity (Wildman–Crippen MR) is 62.2 cm³/mol. The van der Waals surface area contributed by atoms with Crippen LogP contribution in [0.4, 0.5) is 5.82 Å². The van der Waals surface area contributed by atoms with Crippen LogP contribution in [-0.4, -0.2) is 33.6 Å². The Morgan fingerprint density at radius 2 is 2.29 bits per heavy atom. The maximum absolute atomic E-state index is 11.4. The molecule has 0 saturated carbocycles. The Hall–Kier alpha value is -2.31. The molecule has 0 atom stereocenters. The fourth-order valence-electron chi connectivity index (χ4n) is 1.44. The third kappa shape index (κ3) is 2.63. The van der Waals surface area contributed by atoms with Crippen molar-refractivity contribution < 1.29 is 4.74 Å². The lowest BCUT2D eigenvalue weighted by molar-refractivity contribution is 0.408. The zero-order valence-corrected chi connectivity index (χ0v) is 9.36. The average molecular weight is 235 g/mol. The summed E-state index contributed by atoms with van der Waals surface area (Å²) in [6, 6.07) is 0. The Labute approximate surface area is 97.3 Å². The summed E-state index contributed by atoms with van der Waals surface area (Å²) >= 11 is 0. The normalized spacial score (nSPS) is 10.2. The van der Waals surface area contributed by atoms with Crippen LogP contribution in [0.5, 0.6) is 5.75 Å². The fourth-order valence-corrected chi connectivity index (χ4v) is 1.44. The van der Waals surface area contributed by atoms with Crippen molar-refractivity contribution in [3.8, 4) is 5.75 Å². The van der Waals surface area contributed by atoms with Gasteiger partial charge in [0.05, 0.1) is 19.8 Å². The Kier molecular flexibility index (Phi) is 3.39. The molecular weight excluding hydrogens is 222 g/mol. The van der Waals surface area contributed by atoms with Crippen molar-refractivity contribution in [3.05, 3.63) is 34.9 Å². The maximum Gasteiger partial charge on any atom is 0.295 e. The molecule has 0 unspecified atom stereocenters. The zero-order chi connectivity index (χ0) is 12.1. The number of nitrogens with zero attached hydrogens (tertiary/aromatic N) is 2. The summed E-state index contributed by atoms with van der Waals surface area (Å²) in [5, 5.41) is 3.04. The standard InChI is InChI=1S/C10H13N5O2/c1-17-8-9(14-6-15-10(8)16)12-3-2-7-4-11-5-13-7/h4-6H,2-3H2,1H3,(H,11,13)(H2,12,14,15,16). The lowest BCUT2D eigenvalue weighted by Gasteiger charge is -2.07. The maximum atomic E-state index is 11.4. The minimum absolute atomic E-state index is 0.192. The van der Waals surface area contributed by atoms with Crippen molar-refractivity contribution in [1.29, 1.82) is 0 Å². The summed E-state index contributed by atoms with van der Waals surface area (Å²) in [7, 11) is 1.44. The van der Waals surface area contributed by atoms with E-state index in [9.17, 15) is 4.79 Å². The number of hydrogen-bond acceptors (Lipinski definition) is 5. The predicted octanol–water partition coefficient (Wildman–Crippen LogP) is 0.156. The van der Waals surface area contributed by atoms with Crippen molar-refractivity contribution >= 4 is 5.82 Å². The molecule has 17 heavy (non-hydrogen) atoms. The van der Waals surface area contributed by atoms with Crippen LogP contribution in [-0.2, 0) is 6.42 Å². The lowest BCUT2D eigenvalue weighted by atomic mass is 10.3. The van der Waals surface area contributed by atoms with E-state index in [1.807, 2.05) is 0 Å². The highest BCUT2D eigenvalue weighted by atomic mass is 16.5. The first-order valence-electron chi connectivity index (χ1n) is 5.14. The van der Waals surface area contributed by atoms with Gasteiger partial charge in [0, 0.05) is 24.9 Å². The van der Waals surface area contributed by atoms with E-state index in [0.29, 0.717) is 12.4 Å². The Morgan fingerprint density at radius 3 is 3.00 bits per heavy atom. The van der Waals surface area contributed by atoms with Crippen LogP contribution in [0.2, 0.25) is 0 Å². The Morgan fingerprint density at radius 1 is 1.41 bits per heavy atom. The fraction of sp³-hybridized carbons (Fsp3) is 0.300. The van der Waals surface area contributed by atoms with Gasteiger partial charge in [0.1, 0.15) is 0 Å². The number of aromatic amines is 2. The molecule has 0 radical (unpaired) electrons. The molecule has 0 bridgehead atoms. The first kappa shape index (κ1) is 11.2. The minimum atomic E-state index is -0.299. The highest BCUT2D eigenvalue weighted by molar-refractivity contribution is 5.47. The third-order valence-electron chi connectivity index (χ3n) is 2.26. The number of imidazole rings is 1. The molecule has 0 aromatic carbocycles. The smallest absolute Gasteiger partial charge is 0.295 e. The number of ether oxygens (including phenoxy) is 1. The van der Waals surface area contributed by atoms with Gasteiger partial charge in [-0.15, -0.1) is 0 Å². The number of hydrogen-bond donors (Lipinski definition) is 3. The number of H-pyrrole nitrogens is 2. The second-order valence-electron chi connectivity index (χ2n) is 3.37. The molecule has 90 valence electrons. The first-order valence-corrected chi connectivity index (χ1v) is 5.14. The SMILES string of the molecule is COc1c(NCCc2cnc[nH]2)nc[nH]c1=O. The second-order valence-corrected chi connectivity index (χ2v) is 3.37. The van der Waals surface area contributed by atoms with Crippen molar-refractivity contribution in [2.45, 2.75) is 6.42 Å². The van der Waals surface area contributed by atoms with Crippen molar-refractivity contribution in [2.24, 2.45) is 0 Å². The van der Waals surface area contributed by atoms with Crippen molar-refractivity contribution in [1.82, 2.24) is 19.9 Å². The molecule has 3 N–H and O–H groups in total. The summed E-state index contributed by atoms with van der Waals surface area (Å²) in [6.45, 7) is 0.634. The van der Waals surface area contributed by atoms with Crippen LogP contribution in [0.15, 0.2) is 23.6 Å². The molecule has 0 saturated heterocycles. The van der Waals surface area contributed by atoms with Crippen LogP contribution in [0, 0.1) is 0 Å². The topological polar surface area (TPSA) is 95.7 Å². The van der Waals surface area contributed by atoms with Crippen LogP contribution in [0.25, 0.3) is 0 Å². The van der Waals surface area contributed by atoms with E-state index in [1.54, 1.807) is 12.5 Å². The molecule has 0 aliphatic carbocycles. The van der Waals surface area contributed by atoms with Crippen LogP contribution >= 0.6 is 0 Å². The summed E-state index contributed by atoms with van der Waals surface area (Å²) in [6.07, 6.45) is 5.48. The van der Waals surface area contributed by atoms with E-state index in [2.05, 4.69) is 25.3 Å². The quantitative estimate of drug-likeness (QED) is 0.686. The molecule has 0 fully saturated rings. The van der Waals surface area contributed by atoms with Gasteiger partial charge in [-0.3, -0.25) is 4.79 Å². The molecule has 0 aliphatic heterocycles. The molecule has 2 rings (SSSR count). The minimum Gasteiger partial charge on any atom is -0.489 e. The van der Waals surface area contributed by atoms with Gasteiger partial charge in [0.2, 0.25) is 5.75 Å².